The number of halogens is 1. The predicted octanol–water partition coefficient (Wildman–Crippen LogP) is 3.12. The van der Waals surface area contributed by atoms with Gasteiger partial charge in [-0.25, -0.2) is 4.68 Å². The minimum atomic E-state index is 0.433. The zero-order valence-electron chi connectivity index (χ0n) is 11.5. The van der Waals surface area contributed by atoms with E-state index in [1.165, 1.54) is 25.7 Å². The summed E-state index contributed by atoms with van der Waals surface area (Å²) in [6.07, 6.45) is 5.01. The van der Waals surface area contributed by atoms with Crippen LogP contribution >= 0.6 is 22.6 Å². The van der Waals surface area contributed by atoms with Crippen LogP contribution in [0.5, 0.6) is 0 Å². The molecule has 0 radical (unpaired) electrons. The number of hydrogen-bond acceptors (Lipinski definition) is 3. The maximum absolute atomic E-state index is 5.65. The molecule has 0 saturated heterocycles. The highest BCUT2D eigenvalue weighted by Crippen LogP contribution is 2.41. The van der Waals surface area contributed by atoms with Crippen molar-refractivity contribution in [2.75, 3.05) is 0 Å². The molecule has 0 unspecified atom stereocenters. The van der Waals surface area contributed by atoms with Gasteiger partial charge in [-0.1, -0.05) is 26.0 Å². The van der Waals surface area contributed by atoms with Crippen molar-refractivity contribution in [3.05, 3.63) is 9.39 Å². The smallest absolute Gasteiger partial charge is 0.124 e. The van der Waals surface area contributed by atoms with Crippen LogP contribution in [0.25, 0.3) is 0 Å². The molecule has 0 spiro atoms. The van der Waals surface area contributed by atoms with E-state index in [-0.39, 0.29) is 0 Å². The van der Waals surface area contributed by atoms with Gasteiger partial charge in [0.2, 0.25) is 0 Å². The van der Waals surface area contributed by atoms with E-state index in [1.807, 2.05) is 0 Å². The lowest BCUT2D eigenvalue weighted by Gasteiger charge is -2.37. The molecule has 0 aromatic carbocycles. The Morgan fingerprint density at radius 3 is 2.33 bits per heavy atom. The first-order valence-electron chi connectivity index (χ1n) is 6.73. The van der Waals surface area contributed by atoms with Crippen LogP contribution in [0.2, 0.25) is 0 Å². The highest BCUT2D eigenvalue weighted by atomic mass is 127. The van der Waals surface area contributed by atoms with Crippen molar-refractivity contribution in [1.29, 1.82) is 0 Å². The van der Waals surface area contributed by atoms with E-state index in [0.717, 1.165) is 15.3 Å². The normalized spacial score (nSPS) is 25.4. The van der Waals surface area contributed by atoms with E-state index in [0.29, 0.717) is 18.0 Å². The van der Waals surface area contributed by atoms with Gasteiger partial charge < -0.3 is 5.73 Å². The van der Waals surface area contributed by atoms with E-state index < -0.39 is 0 Å². The number of aromatic nitrogens is 3. The molecule has 18 heavy (non-hydrogen) atoms. The van der Waals surface area contributed by atoms with Crippen LogP contribution in [0.1, 0.15) is 58.2 Å². The summed E-state index contributed by atoms with van der Waals surface area (Å²) in [5, 5.41) is 8.43. The Balaban J connectivity index is 2.03. The molecule has 102 valence electrons. The third-order valence-corrected chi connectivity index (χ3v) is 5.28. The summed E-state index contributed by atoms with van der Waals surface area (Å²) in [4.78, 5) is 0. The molecule has 0 atom stereocenters. The zero-order chi connectivity index (χ0) is 13.3. The zero-order valence-corrected chi connectivity index (χ0v) is 13.6. The average molecular weight is 362 g/mol. The quantitative estimate of drug-likeness (QED) is 0.823. The maximum atomic E-state index is 5.65. The molecule has 1 aliphatic rings. The van der Waals surface area contributed by atoms with E-state index in [1.54, 1.807) is 0 Å². The van der Waals surface area contributed by atoms with Gasteiger partial charge in [-0.15, -0.1) is 5.10 Å². The van der Waals surface area contributed by atoms with Gasteiger partial charge in [-0.05, 0) is 59.6 Å². The van der Waals surface area contributed by atoms with Crippen LogP contribution in [0.15, 0.2) is 0 Å². The van der Waals surface area contributed by atoms with Crippen LogP contribution in [-0.4, -0.2) is 15.0 Å². The molecule has 0 aliphatic heterocycles. The second-order valence-corrected chi connectivity index (χ2v) is 7.37. The highest BCUT2D eigenvalue weighted by Gasteiger charge is 2.31. The lowest BCUT2D eigenvalue weighted by atomic mass is 9.71. The molecular formula is C13H23IN4. The Labute approximate surface area is 123 Å². The van der Waals surface area contributed by atoms with Crippen LogP contribution in [0, 0.1) is 15.0 Å². The van der Waals surface area contributed by atoms with Gasteiger partial charge in [0.05, 0.1) is 6.04 Å². The highest BCUT2D eigenvalue weighted by molar-refractivity contribution is 14.1. The van der Waals surface area contributed by atoms with Crippen molar-refractivity contribution in [1.82, 2.24) is 15.0 Å². The van der Waals surface area contributed by atoms with Crippen molar-refractivity contribution in [2.24, 2.45) is 17.1 Å². The summed E-state index contributed by atoms with van der Waals surface area (Å²) in [6, 6.07) is 0.517. The molecule has 2 rings (SSSR count). The van der Waals surface area contributed by atoms with Crippen molar-refractivity contribution < 1.29 is 0 Å². The molecule has 5 heteroatoms. The first-order chi connectivity index (χ1) is 8.43. The van der Waals surface area contributed by atoms with Gasteiger partial charge in [-0.2, -0.15) is 0 Å². The third kappa shape index (κ3) is 2.87. The van der Waals surface area contributed by atoms with Crippen molar-refractivity contribution in [3.8, 4) is 0 Å². The molecule has 4 nitrogen and oxygen atoms in total. The van der Waals surface area contributed by atoms with E-state index >= 15 is 0 Å². The Morgan fingerprint density at radius 1 is 1.28 bits per heavy atom. The summed E-state index contributed by atoms with van der Waals surface area (Å²) in [5.41, 5.74) is 7.01. The van der Waals surface area contributed by atoms with Gasteiger partial charge in [0.25, 0.3) is 0 Å². The SMILES string of the molecule is CC(C)(C)C1CCC(n2nnc(CN)c2I)CC1. The summed E-state index contributed by atoms with van der Waals surface area (Å²) in [5.74, 6) is 0.837. The first kappa shape index (κ1) is 14.2. The lowest BCUT2D eigenvalue weighted by Crippen LogP contribution is -2.27. The molecule has 0 amide bonds. The second-order valence-electron chi connectivity index (χ2n) is 6.35. The largest absolute Gasteiger partial charge is 0.325 e. The van der Waals surface area contributed by atoms with Crippen molar-refractivity contribution >= 4 is 22.6 Å². The van der Waals surface area contributed by atoms with Crippen LogP contribution in [0.4, 0.5) is 0 Å². The predicted molar refractivity (Wildman–Crippen MR) is 81.1 cm³/mol. The average Bonchev–Trinajstić information content (AvgIpc) is 2.69. The van der Waals surface area contributed by atoms with E-state index in [9.17, 15) is 0 Å². The number of hydrogen-bond donors (Lipinski definition) is 1. The number of nitrogens with two attached hydrogens (primary N) is 1. The lowest BCUT2D eigenvalue weighted by molar-refractivity contribution is 0.146. The van der Waals surface area contributed by atoms with E-state index in [4.69, 9.17) is 5.73 Å². The molecule has 2 N–H and O–H groups in total. The molecule has 0 bridgehead atoms. The summed E-state index contributed by atoms with van der Waals surface area (Å²) in [7, 11) is 0. The molecule has 1 aromatic heterocycles. The van der Waals surface area contributed by atoms with Crippen LogP contribution < -0.4 is 5.73 Å². The third-order valence-electron chi connectivity index (χ3n) is 4.16. The fourth-order valence-electron chi connectivity index (χ4n) is 2.86. The maximum Gasteiger partial charge on any atom is 0.124 e. The fourth-order valence-corrected chi connectivity index (χ4v) is 3.68. The van der Waals surface area contributed by atoms with Gasteiger partial charge in [0.1, 0.15) is 9.39 Å². The number of rotatable bonds is 2. The minimum Gasteiger partial charge on any atom is -0.325 e. The van der Waals surface area contributed by atoms with E-state index in [2.05, 4.69) is 58.4 Å². The Kier molecular flexibility index (Phi) is 4.31. The summed E-state index contributed by atoms with van der Waals surface area (Å²) in [6.45, 7) is 7.53. The Bertz CT molecular complexity index is 400. The Hall–Kier alpha value is -0.170. The molecule has 1 aliphatic carbocycles. The van der Waals surface area contributed by atoms with Crippen LogP contribution in [0.3, 0.4) is 0 Å². The standard InChI is InChI=1S/C13H23IN4/c1-13(2,3)9-4-6-10(7-5-9)18-12(14)11(8-15)16-17-18/h9-10H,4-8,15H2,1-3H3. The topological polar surface area (TPSA) is 56.7 Å². The van der Waals surface area contributed by atoms with Crippen molar-refractivity contribution in [2.45, 2.75) is 59.0 Å². The van der Waals surface area contributed by atoms with Gasteiger partial charge in [0.15, 0.2) is 0 Å². The van der Waals surface area contributed by atoms with Crippen molar-refractivity contribution in [3.63, 3.8) is 0 Å². The second kappa shape index (κ2) is 5.45. The van der Waals surface area contributed by atoms with Crippen LogP contribution in [-0.2, 0) is 6.54 Å². The summed E-state index contributed by atoms with van der Waals surface area (Å²) >= 11 is 2.32. The first-order valence-corrected chi connectivity index (χ1v) is 7.81. The molecule has 1 fully saturated rings. The summed E-state index contributed by atoms with van der Waals surface area (Å²) < 4.78 is 3.20. The van der Waals surface area contributed by atoms with Gasteiger partial charge >= 0.3 is 0 Å². The Morgan fingerprint density at radius 2 is 1.89 bits per heavy atom. The molecule has 1 saturated carbocycles. The van der Waals surface area contributed by atoms with Gasteiger partial charge in [-0.3, -0.25) is 0 Å². The molecule has 1 heterocycles. The molecular weight excluding hydrogens is 339 g/mol. The van der Waals surface area contributed by atoms with Gasteiger partial charge in [0, 0.05) is 6.54 Å². The minimum absolute atomic E-state index is 0.433. The molecule has 1 aromatic rings. The monoisotopic (exact) mass is 362 g/mol. The fraction of sp³-hybridized carbons (Fsp3) is 0.846. The number of nitrogens with zero attached hydrogens (tertiary/aromatic N) is 3.